The zero-order chi connectivity index (χ0) is 12.8. The van der Waals surface area contributed by atoms with Crippen molar-refractivity contribution in [1.82, 2.24) is 5.32 Å². The minimum atomic E-state index is -0.0582. The maximum Gasteiger partial charge on any atom is 0.0543 e. The Morgan fingerprint density at radius 2 is 2.06 bits per heavy atom. The Morgan fingerprint density at radius 3 is 2.78 bits per heavy atom. The molecule has 0 aliphatic heterocycles. The lowest BCUT2D eigenvalue weighted by molar-refractivity contribution is 0.101. The van der Waals surface area contributed by atoms with E-state index in [9.17, 15) is 5.11 Å². The predicted octanol–water partition coefficient (Wildman–Crippen LogP) is 2.93. The molecule has 3 atom stereocenters. The second-order valence-electron chi connectivity index (χ2n) is 5.66. The third-order valence-corrected chi connectivity index (χ3v) is 4.01. The molecule has 100 valence electrons. The Morgan fingerprint density at radius 1 is 1.28 bits per heavy atom. The molecular formula is C16H25NO. The minimum Gasteiger partial charge on any atom is -0.393 e. The number of benzene rings is 1. The van der Waals surface area contributed by atoms with Crippen LogP contribution >= 0.6 is 0 Å². The SMILES string of the molecule is CC(CNCC1CCCC(O)C1)c1ccccc1. The van der Waals surface area contributed by atoms with Gasteiger partial charge in [-0.05, 0) is 43.2 Å². The van der Waals surface area contributed by atoms with Gasteiger partial charge in [-0.2, -0.15) is 0 Å². The Kier molecular flexibility index (Phi) is 5.21. The van der Waals surface area contributed by atoms with Gasteiger partial charge in [0.25, 0.3) is 0 Å². The smallest absolute Gasteiger partial charge is 0.0543 e. The van der Waals surface area contributed by atoms with Crippen molar-refractivity contribution in [3.05, 3.63) is 35.9 Å². The van der Waals surface area contributed by atoms with E-state index in [1.54, 1.807) is 0 Å². The van der Waals surface area contributed by atoms with Gasteiger partial charge in [0.1, 0.15) is 0 Å². The van der Waals surface area contributed by atoms with Crippen LogP contribution in [-0.4, -0.2) is 24.3 Å². The monoisotopic (exact) mass is 247 g/mol. The van der Waals surface area contributed by atoms with E-state index in [2.05, 4.69) is 42.6 Å². The molecule has 0 saturated heterocycles. The summed E-state index contributed by atoms with van der Waals surface area (Å²) in [5, 5.41) is 13.2. The summed E-state index contributed by atoms with van der Waals surface area (Å²) in [6.07, 6.45) is 4.37. The van der Waals surface area contributed by atoms with E-state index in [0.717, 1.165) is 25.9 Å². The van der Waals surface area contributed by atoms with Crippen molar-refractivity contribution in [2.45, 2.75) is 44.6 Å². The van der Waals surface area contributed by atoms with Crippen molar-refractivity contribution in [2.75, 3.05) is 13.1 Å². The van der Waals surface area contributed by atoms with Crippen LogP contribution < -0.4 is 5.32 Å². The lowest BCUT2D eigenvalue weighted by atomic mass is 9.87. The van der Waals surface area contributed by atoms with Crippen LogP contribution in [0.5, 0.6) is 0 Å². The first kappa shape index (κ1) is 13.6. The molecule has 1 aliphatic rings. The average molecular weight is 247 g/mol. The highest BCUT2D eigenvalue weighted by Crippen LogP contribution is 2.23. The quantitative estimate of drug-likeness (QED) is 0.838. The molecule has 0 heterocycles. The highest BCUT2D eigenvalue weighted by Gasteiger charge is 2.19. The Bertz CT molecular complexity index is 338. The first-order chi connectivity index (χ1) is 8.75. The van der Waals surface area contributed by atoms with Gasteiger partial charge in [-0.15, -0.1) is 0 Å². The van der Waals surface area contributed by atoms with Crippen molar-refractivity contribution in [1.29, 1.82) is 0 Å². The molecule has 18 heavy (non-hydrogen) atoms. The van der Waals surface area contributed by atoms with Gasteiger partial charge in [0.2, 0.25) is 0 Å². The number of rotatable bonds is 5. The molecule has 0 spiro atoms. The standard InChI is InChI=1S/C16H25NO/c1-13(15-7-3-2-4-8-15)11-17-12-14-6-5-9-16(18)10-14/h2-4,7-8,13-14,16-18H,5-6,9-12H2,1H3. The summed E-state index contributed by atoms with van der Waals surface area (Å²) in [6, 6.07) is 10.6. The highest BCUT2D eigenvalue weighted by molar-refractivity contribution is 5.18. The summed E-state index contributed by atoms with van der Waals surface area (Å²) in [7, 11) is 0. The highest BCUT2D eigenvalue weighted by atomic mass is 16.3. The number of nitrogens with one attached hydrogen (secondary N) is 1. The number of hydrogen-bond donors (Lipinski definition) is 2. The summed E-state index contributed by atoms with van der Waals surface area (Å²) >= 11 is 0. The molecule has 0 bridgehead atoms. The summed E-state index contributed by atoms with van der Waals surface area (Å²) in [5.41, 5.74) is 1.40. The Hall–Kier alpha value is -0.860. The van der Waals surface area contributed by atoms with E-state index in [-0.39, 0.29) is 6.10 Å². The lowest BCUT2D eigenvalue weighted by Gasteiger charge is -2.26. The van der Waals surface area contributed by atoms with Crippen LogP contribution in [0.25, 0.3) is 0 Å². The second kappa shape index (κ2) is 6.91. The fourth-order valence-corrected chi connectivity index (χ4v) is 2.85. The lowest BCUT2D eigenvalue weighted by Crippen LogP contribution is -2.31. The minimum absolute atomic E-state index is 0.0582. The van der Waals surface area contributed by atoms with Crippen molar-refractivity contribution in [3.8, 4) is 0 Å². The Labute approximate surface area is 110 Å². The van der Waals surface area contributed by atoms with E-state index >= 15 is 0 Å². The summed E-state index contributed by atoms with van der Waals surface area (Å²) in [5.74, 6) is 1.22. The summed E-state index contributed by atoms with van der Waals surface area (Å²) in [6.45, 7) is 4.34. The largest absolute Gasteiger partial charge is 0.393 e. The van der Waals surface area contributed by atoms with Gasteiger partial charge < -0.3 is 10.4 Å². The van der Waals surface area contributed by atoms with Crippen molar-refractivity contribution >= 4 is 0 Å². The van der Waals surface area contributed by atoms with Crippen LogP contribution in [0.4, 0.5) is 0 Å². The van der Waals surface area contributed by atoms with Gasteiger partial charge in [0.15, 0.2) is 0 Å². The molecule has 1 aromatic rings. The fraction of sp³-hybridized carbons (Fsp3) is 0.625. The number of hydrogen-bond acceptors (Lipinski definition) is 2. The topological polar surface area (TPSA) is 32.3 Å². The molecular weight excluding hydrogens is 222 g/mol. The van der Waals surface area contributed by atoms with E-state index in [1.807, 2.05) is 0 Å². The summed E-state index contributed by atoms with van der Waals surface area (Å²) < 4.78 is 0. The van der Waals surface area contributed by atoms with Crippen LogP contribution in [0.3, 0.4) is 0 Å². The molecule has 1 fully saturated rings. The zero-order valence-electron chi connectivity index (χ0n) is 11.3. The van der Waals surface area contributed by atoms with E-state index < -0.39 is 0 Å². The fourth-order valence-electron chi connectivity index (χ4n) is 2.85. The van der Waals surface area contributed by atoms with Crippen molar-refractivity contribution in [2.24, 2.45) is 5.92 Å². The van der Waals surface area contributed by atoms with Crippen molar-refractivity contribution in [3.63, 3.8) is 0 Å². The first-order valence-corrected chi connectivity index (χ1v) is 7.19. The number of aliphatic hydroxyl groups is 1. The zero-order valence-corrected chi connectivity index (χ0v) is 11.3. The van der Waals surface area contributed by atoms with Gasteiger partial charge in [0, 0.05) is 6.54 Å². The third kappa shape index (κ3) is 4.11. The van der Waals surface area contributed by atoms with Crippen LogP contribution in [0.15, 0.2) is 30.3 Å². The second-order valence-corrected chi connectivity index (χ2v) is 5.66. The van der Waals surface area contributed by atoms with Gasteiger partial charge in [0.05, 0.1) is 6.10 Å². The van der Waals surface area contributed by atoms with Gasteiger partial charge in [-0.3, -0.25) is 0 Å². The first-order valence-electron chi connectivity index (χ1n) is 7.19. The van der Waals surface area contributed by atoms with Crippen LogP contribution in [0, 0.1) is 5.92 Å². The molecule has 1 aromatic carbocycles. The summed E-state index contributed by atoms with van der Waals surface area (Å²) in [4.78, 5) is 0. The molecule has 3 unspecified atom stereocenters. The van der Waals surface area contributed by atoms with E-state index in [0.29, 0.717) is 11.8 Å². The molecule has 1 saturated carbocycles. The van der Waals surface area contributed by atoms with Gasteiger partial charge in [-0.1, -0.05) is 43.7 Å². The molecule has 0 radical (unpaired) electrons. The molecule has 0 amide bonds. The van der Waals surface area contributed by atoms with Crippen LogP contribution in [0.2, 0.25) is 0 Å². The van der Waals surface area contributed by atoms with Crippen molar-refractivity contribution < 1.29 is 5.11 Å². The maximum absolute atomic E-state index is 9.64. The van der Waals surface area contributed by atoms with Crippen LogP contribution in [0.1, 0.15) is 44.1 Å². The molecule has 2 N–H and O–H groups in total. The van der Waals surface area contributed by atoms with Gasteiger partial charge in [-0.25, -0.2) is 0 Å². The maximum atomic E-state index is 9.64. The van der Waals surface area contributed by atoms with E-state index in [1.165, 1.54) is 18.4 Å². The molecule has 0 aromatic heterocycles. The molecule has 2 rings (SSSR count). The predicted molar refractivity (Wildman–Crippen MR) is 75.7 cm³/mol. The molecule has 2 heteroatoms. The van der Waals surface area contributed by atoms with Crippen LogP contribution in [-0.2, 0) is 0 Å². The third-order valence-electron chi connectivity index (χ3n) is 4.01. The molecule has 2 nitrogen and oxygen atoms in total. The number of aliphatic hydroxyl groups excluding tert-OH is 1. The van der Waals surface area contributed by atoms with E-state index in [4.69, 9.17) is 0 Å². The Balaban J connectivity index is 1.69. The normalized spacial score (nSPS) is 25.9. The van der Waals surface area contributed by atoms with Gasteiger partial charge >= 0.3 is 0 Å². The molecule has 1 aliphatic carbocycles. The average Bonchev–Trinajstić information content (AvgIpc) is 2.40.